The third-order valence-electron chi connectivity index (χ3n) is 5.16. The number of rotatable bonds is 5. The molecular formula is C22H22F3N3O2. The monoisotopic (exact) mass is 417 g/mol. The highest BCUT2D eigenvalue weighted by atomic mass is 19.4. The number of halogens is 3. The Morgan fingerprint density at radius 3 is 2.53 bits per heavy atom. The van der Waals surface area contributed by atoms with Gasteiger partial charge in [-0.1, -0.05) is 12.1 Å². The van der Waals surface area contributed by atoms with Crippen LogP contribution in [-0.2, 0) is 12.7 Å². The fourth-order valence-electron chi connectivity index (χ4n) is 3.54. The first kappa shape index (κ1) is 20.3. The van der Waals surface area contributed by atoms with E-state index < -0.39 is 11.7 Å². The third kappa shape index (κ3) is 4.59. The van der Waals surface area contributed by atoms with Crippen LogP contribution in [0.5, 0.6) is 5.75 Å². The van der Waals surface area contributed by atoms with Crippen molar-refractivity contribution in [2.75, 3.05) is 38.2 Å². The maximum atomic E-state index is 13.0. The van der Waals surface area contributed by atoms with E-state index in [1.54, 1.807) is 19.4 Å². The molecule has 0 bridgehead atoms. The normalized spacial score (nSPS) is 15.4. The van der Waals surface area contributed by atoms with E-state index in [2.05, 4.69) is 9.88 Å². The predicted octanol–water partition coefficient (Wildman–Crippen LogP) is 4.69. The molecule has 2 heterocycles. The van der Waals surface area contributed by atoms with Gasteiger partial charge in [0.15, 0.2) is 0 Å². The summed E-state index contributed by atoms with van der Waals surface area (Å²) in [4.78, 5) is 8.77. The van der Waals surface area contributed by atoms with Crippen molar-refractivity contribution >= 4 is 5.69 Å². The van der Waals surface area contributed by atoms with E-state index in [0.717, 1.165) is 36.2 Å². The van der Waals surface area contributed by atoms with Gasteiger partial charge in [0.1, 0.15) is 12.0 Å². The molecule has 1 aromatic heterocycles. The Balaban J connectivity index is 1.36. The van der Waals surface area contributed by atoms with Crippen molar-refractivity contribution in [3.63, 3.8) is 0 Å². The largest absolute Gasteiger partial charge is 0.497 e. The van der Waals surface area contributed by atoms with Crippen molar-refractivity contribution < 1.29 is 22.3 Å². The number of aromatic nitrogens is 1. The molecule has 0 unspecified atom stereocenters. The summed E-state index contributed by atoms with van der Waals surface area (Å²) in [5.41, 5.74) is 1.65. The van der Waals surface area contributed by atoms with Gasteiger partial charge in [-0.05, 0) is 36.4 Å². The zero-order valence-corrected chi connectivity index (χ0v) is 16.5. The number of anilines is 1. The van der Waals surface area contributed by atoms with Crippen LogP contribution in [0, 0.1) is 0 Å². The number of hydrogen-bond acceptors (Lipinski definition) is 5. The van der Waals surface area contributed by atoms with Crippen molar-refractivity contribution in [1.82, 2.24) is 9.88 Å². The Hall–Kier alpha value is -3.00. The lowest BCUT2D eigenvalue weighted by atomic mass is 10.1. The number of methoxy groups -OCH3 is 1. The van der Waals surface area contributed by atoms with Crippen LogP contribution in [0.15, 0.2) is 59.2 Å². The highest BCUT2D eigenvalue weighted by Crippen LogP contribution is 2.32. The zero-order valence-electron chi connectivity index (χ0n) is 16.5. The van der Waals surface area contributed by atoms with E-state index in [1.807, 2.05) is 29.2 Å². The lowest BCUT2D eigenvalue weighted by Crippen LogP contribution is -2.46. The van der Waals surface area contributed by atoms with Crippen molar-refractivity contribution in [2.45, 2.75) is 12.7 Å². The molecule has 5 nitrogen and oxygen atoms in total. The van der Waals surface area contributed by atoms with Gasteiger partial charge >= 0.3 is 6.18 Å². The molecule has 30 heavy (non-hydrogen) atoms. The molecule has 0 N–H and O–H groups in total. The SMILES string of the molecule is COc1cccc(-c2nc(CN3CCN(c4cccc(C(F)(F)F)c4)CC3)co2)c1. The van der Waals surface area contributed by atoms with E-state index in [0.29, 0.717) is 31.2 Å². The molecule has 0 radical (unpaired) electrons. The molecule has 1 saturated heterocycles. The van der Waals surface area contributed by atoms with E-state index >= 15 is 0 Å². The van der Waals surface area contributed by atoms with Gasteiger partial charge in [-0.15, -0.1) is 0 Å². The molecule has 1 aliphatic rings. The number of piperazine rings is 1. The summed E-state index contributed by atoms with van der Waals surface area (Å²) in [6.07, 6.45) is -2.68. The second-order valence-electron chi connectivity index (χ2n) is 7.19. The van der Waals surface area contributed by atoms with Crippen LogP contribution in [0.3, 0.4) is 0 Å². The van der Waals surface area contributed by atoms with Gasteiger partial charge in [-0.25, -0.2) is 4.98 Å². The Kier molecular flexibility index (Phi) is 5.67. The van der Waals surface area contributed by atoms with Gasteiger partial charge in [0.25, 0.3) is 0 Å². The molecule has 0 saturated carbocycles. The van der Waals surface area contributed by atoms with Crippen LogP contribution < -0.4 is 9.64 Å². The van der Waals surface area contributed by atoms with Crippen molar-refractivity contribution in [1.29, 1.82) is 0 Å². The van der Waals surface area contributed by atoms with Gasteiger partial charge < -0.3 is 14.1 Å². The molecule has 2 aromatic carbocycles. The molecule has 1 fully saturated rings. The molecular weight excluding hydrogens is 395 g/mol. The molecule has 1 aliphatic heterocycles. The van der Waals surface area contributed by atoms with Crippen LogP contribution in [0.4, 0.5) is 18.9 Å². The maximum Gasteiger partial charge on any atom is 0.416 e. The molecule has 4 rings (SSSR count). The molecule has 0 atom stereocenters. The Morgan fingerprint density at radius 1 is 1.03 bits per heavy atom. The second-order valence-corrected chi connectivity index (χ2v) is 7.19. The quantitative estimate of drug-likeness (QED) is 0.603. The Bertz CT molecular complexity index is 995. The standard InChI is InChI=1S/C22H22F3N3O2/c1-29-20-7-2-4-16(12-20)21-26-18(15-30-21)14-27-8-10-28(11-9-27)19-6-3-5-17(13-19)22(23,24)25/h2-7,12-13,15H,8-11,14H2,1H3. The average Bonchev–Trinajstić information content (AvgIpc) is 3.22. The fraction of sp³-hybridized carbons (Fsp3) is 0.318. The smallest absolute Gasteiger partial charge is 0.416 e. The first-order chi connectivity index (χ1) is 14.4. The van der Waals surface area contributed by atoms with Crippen LogP contribution >= 0.6 is 0 Å². The Labute approximate surface area is 172 Å². The third-order valence-corrected chi connectivity index (χ3v) is 5.16. The van der Waals surface area contributed by atoms with E-state index in [9.17, 15) is 13.2 Å². The lowest BCUT2D eigenvalue weighted by molar-refractivity contribution is -0.137. The number of nitrogens with zero attached hydrogens (tertiary/aromatic N) is 3. The highest BCUT2D eigenvalue weighted by molar-refractivity contribution is 5.56. The summed E-state index contributed by atoms with van der Waals surface area (Å²) in [5, 5.41) is 0. The summed E-state index contributed by atoms with van der Waals surface area (Å²) in [6, 6.07) is 13.0. The van der Waals surface area contributed by atoms with Crippen LogP contribution in [0.25, 0.3) is 11.5 Å². The summed E-state index contributed by atoms with van der Waals surface area (Å²) in [7, 11) is 1.61. The van der Waals surface area contributed by atoms with Crippen LogP contribution in [0.2, 0.25) is 0 Å². The molecule has 0 aliphatic carbocycles. The zero-order chi connectivity index (χ0) is 21.1. The first-order valence-electron chi connectivity index (χ1n) is 9.66. The minimum atomic E-state index is -4.33. The lowest BCUT2D eigenvalue weighted by Gasteiger charge is -2.36. The van der Waals surface area contributed by atoms with Gasteiger partial charge in [-0.2, -0.15) is 13.2 Å². The van der Waals surface area contributed by atoms with Crippen molar-refractivity contribution in [2.24, 2.45) is 0 Å². The number of hydrogen-bond donors (Lipinski definition) is 0. The number of oxazole rings is 1. The molecule has 3 aromatic rings. The molecule has 8 heteroatoms. The first-order valence-corrected chi connectivity index (χ1v) is 9.66. The maximum absolute atomic E-state index is 13.0. The summed E-state index contributed by atoms with van der Waals surface area (Å²) < 4.78 is 49.7. The van der Waals surface area contributed by atoms with Crippen LogP contribution in [0.1, 0.15) is 11.3 Å². The summed E-state index contributed by atoms with van der Waals surface area (Å²) in [6.45, 7) is 3.41. The average molecular weight is 417 g/mol. The molecule has 0 spiro atoms. The second kappa shape index (κ2) is 8.39. The molecule has 158 valence electrons. The molecule has 0 amide bonds. The summed E-state index contributed by atoms with van der Waals surface area (Å²) in [5.74, 6) is 1.27. The Morgan fingerprint density at radius 2 is 1.80 bits per heavy atom. The van der Waals surface area contributed by atoms with Crippen molar-refractivity contribution in [3.05, 3.63) is 66.1 Å². The van der Waals surface area contributed by atoms with Crippen LogP contribution in [-0.4, -0.2) is 43.2 Å². The van der Waals surface area contributed by atoms with E-state index in [4.69, 9.17) is 9.15 Å². The van der Waals surface area contributed by atoms with Gasteiger partial charge in [0, 0.05) is 44.0 Å². The van der Waals surface area contributed by atoms with Gasteiger partial charge in [-0.3, -0.25) is 4.90 Å². The highest BCUT2D eigenvalue weighted by Gasteiger charge is 2.31. The summed E-state index contributed by atoms with van der Waals surface area (Å²) >= 11 is 0. The topological polar surface area (TPSA) is 41.7 Å². The number of benzene rings is 2. The predicted molar refractivity (Wildman–Crippen MR) is 107 cm³/mol. The van der Waals surface area contributed by atoms with Gasteiger partial charge in [0.05, 0.1) is 18.4 Å². The minimum absolute atomic E-state index is 0.534. The fourth-order valence-corrected chi connectivity index (χ4v) is 3.54. The minimum Gasteiger partial charge on any atom is -0.497 e. The van der Waals surface area contributed by atoms with Gasteiger partial charge in [0.2, 0.25) is 5.89 Å². The van der Waals surface area contributed by atoms with Crippen molar-refractivity contribution in [3.8, 4) is 17.2 Å². The van der Waals surface area contributed by atoms with E-state index in [1.165, 1.54) is 12.1 Å². The number of alkyl halides is 3. The van der Waals surface area contributed by atoms with E-state index in [-0.39, 0.29) is 0 Å². The number of ether oxygens (including phenoxy) is 1.